The highest BCUT2D eigenvalue weighted by molar-refractivity contribution is 9.10. The zero-order chi connectivity index (χ0) is 19.1. The van der Waals surface area contributed by atoms with Crippen LogP contribution in [-0.2, 0) is 19.6 Å². The number of benzene rings is 3. The molecule has 0 amide bonds. The van der Waals surface area contributed by atoms with Gasteiger partial charge < -0.3 is 10.1 Å². The molecule has 0 radical (unpaired) electrons. The number of hydrogen-bond donors (Lipinski definition) is 1. The smallest absolute Gasteiger partial charge is 0.124 e. The van der Waals surface area contributed by atoms with E-state index in [9.17, 15) is 0 Å². The van der Waals surface area contributed by atoms with Gasteiger partial charge in [0.2, 0.25) is 0 Å². The molecule has 5 heteroatoms. The molecule has 2 nitrogen and oxygen atoms in total. The van der Waals surface area contributed by atoms with Crippen molar-refractivity contribution in [2.75, 3.05) is 6.54 Å². The quantitative estimate of drug-likeness (QED) is 0.376. The van der Waals surface area contributed by atoms with Gasteiger partial charge in [-0.05, 0) is 54.4 Å². The van der Waals surface area contributed by atoms with Crippen molar-refractivity contribution in [3.8, 4) is 5.75 Å². The molecule has 0 unspecified atom stereocenters. The van der Waals surface area contributed by atoms with E-state index >= 15 is 0 Å². The summed E-state index contributed by atoms with van der Waals surface area (Å²) < 4.78 is 7.06. The molecule has 0 spiro atoms. The highest BCUT2D eigenvalue weighted by Crippen LogP contribution is 2.25. The summed E-state index contributed by atoms with van der Waals surface area (Å²) >= 11 is 15.7. The van der Waals surface area contributed by atoms with Gasteiger partial charge in [0.15, 0.2) is 0 Å². The molecule has 140 valence electrons. The lowest BCUT2D eigenvalue weighted by molar-refractivity contribution is 0.302. The van der Waals surface area contributed by atoms with Crippen LogP contribution in [0.1, 0.15) is 16.7 Å². The average molecular weight is 465 g/mol. The van der Waals surface area contributed by atoms with Crippen LogP contribution in [0.2, 0.25) is 10.0 Å². The van der Waals surface area contributed by atoms with Crippen molar-refractivity contribution < 1.29 is 4.74 Å². The van der Waals surface area contributed by atoms with Gasteiger partial charge in [-0.25, -0.2) is 0 Å². The number of halogens is 3. The number of rotatable bonds is 8. The zero-order valence-electron chi connectivity index (χ0n) is 14.7. The van der Waals surface area contributed by atoms with Crippen LogP contribution in [0.5, 0.6) is 5.75 Å². The normalized spacial score (nSPS) is 10.8. The van der Waals surface area contributed by atoms with Crippen LogP contribution in [0.4, 0.5) is 0 Å². The Hall–Kier alpha value is -1.52. The minimum absolute atomic E-state index is 0.551. The van der Waals surface area contributed by atoms with Gasteiger partial charge in [0.1, 0.15) is 12.4 Å². The Morgan fingerprint density at radius 2 is 1.70 bits per heavy atom. The Morgan fingerprint density at radius 1 is 0.889 bits per heavy atom. The second-order valence-corrected chi connectivity index (χ2v) is 7.95. The molecule has 0 aliphatic heterocycles. The van der Waals surface area contributed by atoms with Gasteiger partial charge in [-0.15, -0.1) is 0 Å². The Morgan fingerprint density at radius 3 is 2.48 bits per heavy atom. The molecule has 0 saturated carbocycles. The van der Waals surface area contributed by atoms with E-state index in [1.807, 2.05) is 42.5 Å². The lowest BCUT2D eigenvalue weighted by Crippen LogP contribution is -2.17. The van der Waals surface area contributed by atoms with Crippen molar-refractivity contribution in [2.45, 2.75) is 19.6 Å². The summed E-state index contributed by atoms with van der Waals surface area (Å²) in [6.45, 7) is 2.08. The van der Waals surface area contributed by atoms with Gasteiger partial charge >= 0.3 is 0 Å². The van der Waals surface area contributed by atoms with E-state index < -0.39 is 0 Å². The Bertz CT molecular complexity index is 887. The summed E-state index contributed by atoms with van der Waals surface area (Å²) in [7, 11) is 0. The number of ether oxygens (including phenoxy) is 1. The van der Waals surface area contributed by atoms with E-state index in [4.69, 9.17) is 27.9 Å². The SMILES string of the molecule is Clc1ccc(CCNCc2cc(Br)ccc2OCc2ccccc2)c(Cl)c1. The fourth-order valence-corrected chi connectivity index (χ4v) is 3.64. The van der Waals surface area contributed by atoms with Crippen molar-refractivity contribution in [1.29, 1.82) is 0 Å². The molecule has 3 aromatic rings. The highest BCUT2D eigenvalue weighted by atomic mass is 79.9. The first-order valence-corrected chi connectivity index (χ1v) is 10.3. The van der Waals surface area contributed by atoms with Crippen molar-refractivity contribution in [2.24, 2.45) is 0 Å². The molecule has 27 heavy (non-hydrogen) atoms. The second-order valence-electron chi connectivity index (χ2n) is 6.19. The monoisotopic (exact) mass is 463 g/mol. The minimum Gasteiger partial charge on any atom is -0.489 e. The standard InChI is InChI=1S/C22H20BrCl2NO/c23-19-7-9-22(27-15-16-4-2-1-3-5-16)18(12-19)14-26-11-10-17-6-8-20(24)13-21(17)25/h1-9,12-13,26H,10-11,14-15H2. The van der Waals surface area contributed by atoms with Crippen molar-refractivity contribution >= 4 is 39.1 Å². The average Bonchev–Trinajstić information content (AvgIpc) is 2.67. The van der Waals surface area contributed by atoms with Crippen LogP contribution in [0.25, 0.3) is 0 Å². The minimum atomic E-state index is 0.551. The first kappa shape index (κ1) is 20.2. The second kappa shape index (κ2) is 10.1. The molecule has 0 atom stereocenters. The summed E-state index contributed by atoms with van der Waals surface area (Å²) in [6.07, 6.45) is 0.838. The third kappa shape index (κ3) is 6.25. The maximum Gasteiger partial charge on any atom is 0.124 e. The van der Waals surface area contributed by atoms with Crippen LogP contribution in [-0.4, -0.2) is 6.54 Å². The molecular weight excluding hydrogens is 445 g/mol. The maximum atomic E-state index is 6.23. The molecule has 3 rings (SSSR count). The van der Waals surface area contributed by atoms with E-state index in [2.05, 4.69) is 39.4 Å². The van der Waals surface area contributed by atoms with Gasteiger partial charge in [-0.1, -0.05) is 75.5 Å². The van der Waals surface area contributed by atoms with Gasteiger partial charge in [-0.3, -0.25) is 0 Å². The topological polar surface area (TPSA) is 21.3 Å². The largest absolute Gasteiger partial charge is 0.489 e. The van der Waals surface area contributed by atoms with Crippen molar-refractivity contribution in [3.63, 3.8) is 0 Å². The molecule has 0 aliphatic rings. The van der Waals surface area contributed by atoms with Crippen LogP contribution in [0.3, 0.4) is 0 Å². The molecule has 3 aromatic carbocycles. The fraction of sp³-hybridized carbons (Fsp3) is 0.182. The summed E-state index contributed by atoms with van der Waals surface area (Å²) in [5.41, 5.74) is 3.35. The van der Waals surface area contributed by atoms with Crippen LogP contribution in [0, 0.1) is 0 Å². The summed E-state index contributed by atoms with van der Waals surface area (Å²) in [4.78, 5) is 0. The molecular formula is C22H20BrCl2NO. The van der Waals surface area contributed by atoms with Crippen LogP contribution < -0.4 is 10.1 Å². The lowest BCUT2D eigenvalue weighted by atomic mass is 10.1. The van der Waals surface area contributed by atoms with E-state index in [-0.39, 0.29) is 0 Å². The molecule has 0 bridgehead atoms. The van der Waals surface area contributed by atoms with Crippen molar-refractivity contribution in [3.05, 3.63) is 97.9 Å². The van der Waals surface area contributed by atoms with Gasteiger partial charge in [0, 0.05) is 26.6 Å². The number of hydrogen-bond acceptors (Lipinski definition) is 2. The van der Waals surface area contributed by atoms with E-state index in [0.29, 0.717) is 16.7 Å². The molecule has 0 aliphatic carbocycles. The van der Waals surface area contributed by atoms with E-state index in [1.54, 1.807) is 6.07 Å². The summed E-state index contributed by atoms with van der Waals surface area (Å²) in [5.74, 6) is 0.888. The Labute approximate surface area is 178 Å². The molecule has 0 heterocycles. The van der Waals surface area contributed by atoms with Gasteiger partial charge in [-0.2, -0.15) is 0 Å². The molecule has 0 saturated heterocycles. The van der Waals surface area contributed by atoms with Gasteiger partial charge in [0.25, 0.3) is 0 Å². The highest BCUT2D eigenvalue weighted by Gasteiger charge is 2.06. The Kier molecular flexibility index (Phi) is 7.59. The fourth-order valence-electron chi connectivity index (χ4n) is 2.73. The third-order valence-corrected chi connectivity index (χ3v) is 5.24. The van der Waals surface area contributed by atoms with Crippen molar-refractivity contribution in [1.82, 2.24) is 5.32 Å². The molecule has 0 fully saturated rings. The van der Waals surface area contributed by atoms with Gasteiger partial charge in [0.05, 0.1) is 0 Å². The third-order valence-electron chi connectivity index (χ3n) is 4.16. The van der Waals surface area contributed by atoms with Crippen LogP contribution in [0.15, 0.2) is 71.2 Å². The first-order chi connectivity index (χ1) is 13.1. The zero-order valence-corrected chi connectivity index (χ0v) is 17.8. The van der Waals surface area contributed by atoms with E-state index in [0.717, 1.165) is 46.4 Å². The lowest BCUT2D eigenvalue weighted by Gasteiger charge is -2.13. The molecule has 0 aromatic heterocycles. The van der Waals surface area contributed by atoms with Crippen LogP contribution >= 0.6 is 39.1 Å². The molecule has 1 N–H and O–H groups in total. The Balaban J connectivity index is 1.56. The van der Waals surface area contributed by atoms with E-state index in [1.165, 1.54) is 0 Å². The predicted molar refractivity (Wildman–Crippen MR) is 117 cm³/mol. The maximum absolute atomic E-state index is 6.23. The summed E-state index contributed by atoms with van der Waals surface area (Å²) in [5, 5.41) is 4.83. The first-order valence-electron chi connectivity index (χ1n) is 8.71. The summed E-state index contributed by atoms with van der Waals surface area (Å²) in [6, 6.07) is 21.9. The predicted octanol–water partition coefficient (Wildman–Crippen LogP) is 6.67. The number of nitrogens with one attached hydrogen (secondary N) is 1.